The second-order valence-corrected chi connectivity index (χ2v) is 6.20. The summed E-state index contributed by atoms with van der Waals surface area (Å²) in [6.45, 7) is -0.317. The molecule has 3 rings (SSSR count). The summed E-state index contributed by atoms with van der Waals surface area (Å²) in [5, 5.41) is 5.23. The van der Waals surface area contributed by atoms with Crippen molar-refractivity contribution >= 4 is 17.5 Å². The van der Waals surface area contributed by atoms with Crippen molar-refractivity contribution in [2.24, 2.45) is 0 Å². The number of hydrogen-bond donors (Lipinski definition) is 2. The molecule has 0 atom stereocenters. The maximum Gasteiger partial charge on any atom is 0.258 e. The van der Waals surface area contributed by atoms with Gasteiger partial charge in [0.15, 0.2) is 18.1 Å². The lowest BCUT2D eigenvalue weighted by atomic mass is 10.3. The van der Waals surface area contributed by atoms with Gasteiger partial charge in [-0.05, 0) is 48.5 Å². The Labute approximate surface area is 174 Å². The highest BCUT2D eigenvalue weighted by molar-refractivity contribution is 5.94. The predicted octanol–water partition coefficient (Wildman–Crippen LogP) is 3.62. The zero-order valence-electron chi connectivity index (χ0n) is 16.5. The molecule has 0 aliphatic rings. The quantitative estimate of drug-likeness (QED) is 0.567. The molecule has 30 heavy (non-hydrogen) atoms. The van der Waals surface area contributed by atoms with Gasteiger partial charge in [0.2, 0.25) is 5.91 Å². The van der Waals surface area contributed by atoms with E-state index in [0.29, 0.717) is 28.7 Å². The van der Waals surface area contributed by atoms with Gasteiger partial charge in [0, 0.05) is 5.69 Å². The molecule has 0 saturated carbocycles. The third-order valence-electron chi connectivity index (χ3n) is 3.99. The summed E-state index contributed by atoms with van der Waals surface area (Å²) in [5.41, 5.74) is 0.585. The van der Waals surface area contributed by atoms with Crippen LogP contribution in [0.4, 0.5) is 5.69 Å². The van der Waals surface area contributed by atoms with Crippen LogP contribution in [0.1, 0.15) is 0 Å². The first-order valence-electron chi connectivity index (χ1n) is 9.29. The zero-order valence-corrected chi connectivity index (χ0v) is 16.5. The molecule has 0 unspecified atom stereocenters. The SMILES string of the molecule is COc1ccccc1Oc1ccc(NC(=O)CNC(=O)COc2ccccc2)cc1. The summed E-state index contributed by atoms with van der Waals surface area (Å²) >= 11 is 0. The maximum absolute atomic E-state index is 12.0. The highest BCUT2D eigenvalue weighted by Gasteiger charge is 2.08. The molecule has 3 aromatic rings. The van der Waals surface area contributed by atoms with E-state index < -0.39 is 0 Å². The molecule has 154 valence electrons. The number of carbonyl (C=O) groups is 2. The molecule has 0 heterocycles. The van der Waals surface area contributed by atoms with Gasteiger partial charge in [-0.3, -0.25) is 9.59 Å². The number of anilines is 1. The number of benzene rings is 3. The van der Waals surface area contributed by atoms with Crippen LogP contribution in [-0.4, -0.2) is 32.1 Å². The summed E-state index contributed by atoms with van der Waals surface area (Å²) in [6.07, 6.45) is 0. The van der Waals surface area contributed by atoms with E-state index in [9.17, 15) is 9.59 Å². The largest absolute Gasteiger partial charge is 0.493 e. The van der Waals surface area contributed by atoms with E-state index in [1.54, 1.807) is 49.6 Å². The minimum absolute atomic E-state index is 0.156. The van der Waals surface area contributed by atoms with E-state index in [-0.39, 0.29) is 25.0 Å². The Hall–Kier alpha value is -4.00. The molecular weight excluding hydrogens is 384 g/mol. The predicted molar refractivity (Wildman–Crippen MR) is 113 cm³/mol. The first-order chi connectivity index (χ1) is 14.6. The van der Waals surface area contributed by atoms with Crippen LogP contribution in [0.25, 0.3) is 0 Å². The van der Waals surface area contributed by atoms with Crippen molar-refractivity contribution < 1.29 is 23.8 Å². The Morgan fingerprint density at radius 1 is 0.767 bits per heavy atom. The summed E-state index contributed by atoms with van der Waals surface area (Å²) < 4.78 is 16.4. The van der Waals surface area contributed by atoms with Crippen molar-refractivity contribution in [3.63, 3.8) is 0 Å². The normalized spacial score (nSPS) is 10.0. The molecule has 3 aromatic carbocycles. The molecule has 0 bridgehead atoms. The van der Waals surface area contributed by atoms with Crippen molar-refractivity contribution in [3.8, 4) is 23.0 Å². The van der Waals surface area contributed by atoms with Gasteiger partial charge in [-0.15, -0.1) is 0 Å². The second kappa shape index (κ2) is 10.5. The fourth-order valence-corrected chi connectivity index (χ4v) is 2.54. The lowest BCUT2D eigenvalue weighted by Crippen LogP contribution is -2.35. The third-order valence-corrected chi connectivity index (χ3v) is 3.99. The minimum Gasteiger partial charge on any atom is -0.493 e. The van der Waals surface area contributed by atoms with Gasteiger partial charge in [-0.1, -0.05) is 30.3 Å². The highest BCUT2D eigenvalue weighted by Crippen LogP contribution is 2.31. The van der Waals surface area contributed by atoms with Crippen LogP contribution in [0, 0.1) is 0 Å². The van der Waals surface area contributed by atoms with Crippen molar-refractivity contribution in [3.05, 3.63) is 78.9 Å². The smallest absolute Gasteiger partial charge is 0.258 e. The van der Waals surface area contributed by atoms with Crippen LogP contribution in [0.15, 0.2) is 78.9 Å². The summed E-state index contributed by atoms with van der Waals surface area (Å²) in [5.74, 6) is 1.69. The molecule has 0 fully saturated rings. The number of rotatable bonds is 9. The van der Waals surface area contributed by atoms with E-state index in [2.05, 4.69) is 10.6 Å². The van der Waals surface area contributed by atoms with Gasteiger partial charge in [0.25, 0.3) is 5.91 Å². The first-order valence-corrected chi connectivity index (χ1v) is 9.29. The van der Waals surface area contributed by atoms with Gasteiger partial charge < -0.3 is 24.8 Å². The molecule has 0 radical (unpaired) electrons. The fraction of sp³-hybridized carbons (Fsp3) is 0.130. The monoisotopic (exact) mass is 406 g/mol. The van der Waals surface area contributed by atoms with Crippen LogP contribution in [0.5, 0.6) is 23.0 Å². The van der Waals surface area contributed by atoms with E-state index in [1.807, 2.05) is 36.4 Å². The Morgan fingerprint density at radius 2 is 1.43 bits per heavy atom. The van der Waals surface area contributed by atoms with E-state index >= 15 is 0 Å². The zero-order chi connectivity index (χ0) is 21.2. The number of methoxy groups -OCH3 is 1. The molecule has 2 amide bonds. The molecule has 0 saturated heterocycles. The van der Waals surface area contributed by atoms with Crippen molar-refractivity contribution in [1.29, 1.82) is 0 Å². The Kier molecular flexibility index (Phi) is 7.27. The molecule has 7 heteroatoms. The summed E-state index contributed by atoms with van der Waals surface area (Å²) in [4.78, 5) is 23.8. The fourth-order valence-electron chi connectivity index (χ4n) is 2.54. The average molecular weight is 406 g/mol. The number of para-hydroxylation sites is 3. The molecule has 0 aliphatic carbocycles. The van der Waals surface area contributed by atoms with E-state index in [0.717, 1.165) is 0 Å². The molecular formula is C23H22N2O5. The lowest BCUT2D eigenvalue weighted by Gasteiger charge is -2.11. The lowest BCUT2D eigenvalue weighted by molar-refractivity contribution is -0.125. The summed E-state index contributed by atoms with van der Waals surface area (Å²) in [7, 11) is 1.58. The van der Waals surface area contributed by atoms with E-state index in [1.165, 1.54) is 0 Å². The maximum atomic E-state index is 12.0. The van der Waals surface area contributed by atoms with Crippen LogP contribution < -0.4 is 24.8 Å². The third kappa shape index (κ3) is 6.27. The first kappa shape index (κ1) is 20.7. The molecule has 7 nitrogen and oxygen atoms in total. The van der Waals surface area contributed by atoms with Crippen LogP contribution in [-0.2, 0) is 9.59 Å². The minimum atomic E-state index is -0.380. The van der Waals surface area contributed by atoms with Crippen LogP contribution >= 0.6 is 0 Å². The van der Waals surface area contributed by atoms with Gasteiger partial charge in [0.1, 0.15) is 11.5 Å². The molecule has 2 N–H and O–H groups in total. The van der Waals surface area contributed by atoms with Crippen LogP contribution in [0.3, 0.4) is 0 Å². The molecule has 0 aromatic heterocycles. The number of carbonyl (C=O) groups excluding carboxylic acids is 2. The number of nitrogens with one attached hydrogen (secondary N) is 2. The Balaban J connectivity index is 1.43. The number of hydrogen-bond acceptors (Lipinski definition) is 5. The summed E-state index contributed by atoms with van der Waals surface area (Å²) in [6, 6.07) is 23.2. The van der Waals surface area contributed by atoms with Gasteiger partial charge >= 0.3 is 0 Å². The van der Waals surface area contributed by atoms with Gasteiger partial charge in [-0.25, -0.2) is 0 Å². The Morgan fingerprint density at radius 3 is 2.13 bits per heavy atom. The number of ether oxygens (including phenoxy) is 3. The van der Waals surface area contributed by atoms with E-state index in [4.69, 9.17) is 14.2 Å². The molecule has 0 aliphatic heterocycles. The highest BCUT2D eigenvalue weighted by atomic mass is 16.5. The standard InChI is InChI=1S/C23H22N2O5/c1-28-20-9-5-6-10-21(20)30-19-13-11-17(12-14-19)25-22(26)15-24-23(27)16-29-18-7-3-2-4-8-18/h2-14H,15-16H2,1H3,(H,24,27)(H,25,26). The van der Waals surface area contributed by atoms with Crippen molar-refractivity contribution in [2.45, 2.75) is 0 Å². The molecule has 0 spiro atoms. The topological polar surface area (TPSA) is 85.9 Å². The van der Waals surface area contributed by atoms with Crippen LogP contribution in [0.2, 0.25) is 0 Å². The van der Waals surface area contributed by atoms with Gasteiger partial charge in [-0.2, -0.15) is 0 Å². The van der Waals surface area contributed by atoms with Crippen molar-refractivity contribution in [1.82, 2.24) is 5.32 Å². The number of amides is 2. The Bertz CT molecular complexity index is 974. The average Bonchev–Trinajstić information content (AvgIpc) is 2.78. The second-order valence-electron chi connectivity index (χ2n) is 6.20. The van der Waals surface area contributed by atoms with Crippen molar-refractivity contribution in [2.75, 3.05) is 25.6 Å². The van der Waals surface area contributed by atoms with Gasteiger partial charge in [0.05, 0.1) is 13.7 Å².